The van der Waals surface area contributed by atoms with E-state index in [0.29, 0.717) is 24.8 Å². The topological polar surface area (TPSA) is 100 Å². The molecule has 10 heteroatoms. The first-order valence-electron chi connectivity index (χ1n) is 14.1. The average molecular weight is 590 g/mol. The monoisotopic (exact) mass is 589 g/mol. The number of hydrogen-bond acceptors (Lipinski definition) is 4. The lowest BCUT2D eigenvalue weighted by molar-refractivity contribution is -0.136. The summed E-state index contributed by atoms with van der Waals surface area (Å²) < 4.78 is 56.6. The van der Waals surface area contributed by atoms with E-state index in [1.165, 1.54) is 24.4 Å². The van der Waals surface area contributed by atoms with Crippen LogP contribution < -0.4 is 4.74 Å². The highest BCUT2D eigenvalue weighted by atomic mass is 19.1. The van der Waals surface area contributed by atoms with Gasteiger partial charge in [0, 0.05) is 41.4 Å². The number of aromatic amines is 2. The molecule has 0 radical (unpaired) electrons. The van der Waals surface area contributed by atoms with Crippen molar-refractivity contribution in [1.29, 1.82) is 0 Å². The summed E-state index contributed by atoms with van der Waals surface area (Å²) in [6.07, 6.45) is 4.65. The molecule has 0 amide bonds. The first kappa shape index (κ1) is 28.5. The number of benzene rings is 3. The van der Waals surface area contributed by atoms with Gasteiger partial charge >= 0.3 is 5.97 Å². The summed E-state index contributed by atoms with van der Waals surface area (Å²) >= 11 is 0. The van der Waals surface area contributed by atoms with Crippen LogP contribution in [0.5, 0.6) is 11.5 Å². The van der Waals surface area contributed by atoms with Gasteiger partial charge in [0.1, 0.15) is 17.4 Å². The van der Waals surface area contributed by atoms with Gasteiger partial charge in [-0.1, -0.05) is 24.3 Å². The lowest BCUT2D eigenvalue weighted by Crippen LogP contribution is -2.42. The number of aliphatic carboxylic acids is 1. The fourth-order valence-corrected chi connectivity index (χ4v) is 6.22. The molecular formula is C33H30F3N3O4. The molecule has 0 aliphatic carbocycles. The number of H-pyrrole nitrogens is 2. The number of rotatable bonds is 8. The van der Waals surface area contributed by atoms with E-state index < -0.39 is 34.6 Å². The van der Waals surface area contributed by atoms with Crippen LogP contribution in [0.15, 0.2) is 67.0 Å². The SMILES string of the molecule is CC1CC(c2cccc(CCC(=O)O)c2)(c2cnc(-c3cc(Oc4c(F)cc5[nH]ccc5c4F)ccc3F)[nH]2)CC(C)O1. The summed E-state index contributed by atoms with van der Waals surface area (Å²) in [7, 11) is 0. The number of aryl methyl sites for hydroxylation is 1. The van der Waals surface area contributed by atoms with Crippen LogP contribution >= 0.6 is 0 Å². The fourth-order valence-electron chi connectivity index (χ4n) is 6.22. The summed E-state index contributed by atoms with van der Waals surface area (Å²) in [5.74, 6) is -3.53. The van der Waals surface area contributed by atoms with Gasteiger partial charge in [-0.3, -0.25) is 4.79 Å². The number of carboxylic acid groups (broad SMARTS) is 1. The van der Waals surface area contributed by atoms with Gasteiger partial charge < -0.3 is 24.5 Å². The largest absolute Gasteiger partial charge is 0.481 e. The minimum Gasteiger partial charge on any atom is -0.481 e. The molecule has 0 spiro atoms. The summed E-state index contributed by atoms with van der Waals surface area (Å²) in [5, 5.41) is 9.35. The standard InChI is InChI=1S/C33H30F3N3O4/c1-18-15-33(16-19(2)42-18,21-5-3-4-20(12-21)6-9-29(40)41)28-17-38-32(39-28)24-13-22(7-8-25(24)34)43-31-26(35)14-27-23(30(31)36)10-11-37-27/h3-5,7-8,10-14,17-19,37H,6,9,15-16H2,1-2H3,(H,38,39)(H,40,41). The van der Waals surface area contributed by atoms with Crippen molar-refractivity contribution in [2.45, 2.75) is 57.2 Å². The van der Waals surface area contributed by atoms with Crippen molar-refractivity contribution in [2.24, 2.45) is 0 Å². The maximum Gasteiger partial charge on any atom is 0.303 e. The molecule has 6 rings (SSSR count). The predicted octanol–water partition coefficient (Wildman–Crippen LogP) is 7.66. The first-order valence-corrected chi connectivity index (χ1v) is 14.1. The summed E-state index contributed by atoms with van der Waals surface area (Å²) in [6.45, 7) is 4.00. The molecule has 3 heterocycles. The Balaban J connectivity index is 1.37. The number of carbonyl (C=O) groups is 1. The molecule has 1 fully saturated rings. The number of hydrogen-bond donors (Lipinski definition) is 3. The molecule has 0 saturated carbocycles. The molecule has 1 saturated heterocycles. The van der Waals surface area contributed by atoms with Gasteiger partial charge in [0.15, 0.2) is 17.4 Å². The lowest BCUT2D eigenvalue weighted by atomic mass is 9.68. The molecular weight excluding hydrogens is 559 g/mol. The highest BCUT2D eigenvalue weighted by molar-refractivity contribution is 5.82. The highest BCUT2D eigenvalue weighted by Gasteiger charge is 2.43. The van der Waals surface area contributed by atoms with Crippen LogP contribution in [0.2, 0.25) is 0 Å². The van der Waals surface area contributed by atoms with Crippen LogP contribution in [0.3, 0.4) is 0 Å². The zero-order valence-corrected chi connectivity index (χ0v) is 23.6. The summed E-state index contributed by atoms with van der Waals surface area (Å²) in [4.78, 5) is 21.8. The van der Waals surface area contributed by atoms with Crippen LogP contribution in [0.1, 0.15) is 49.9 Å². The maximum absolute atomic E-state index is 15.2. The van der Waals surface area contributed by atoms with E-state index in [4.69, 9.17) is 9.47 Å². The second kappa shape index (κ2) is 11.3. The average Bonchev–Trinajstić information content (AvgIpc) is 3.65. The van der Waals surface area contributed by atoms with Gasteiger partial charge in [0.25, 0.3) is 0 Å². The maximum atomic E-state index is 15.2. The third kappa shape index (κ3) is 5.50. The molecule has 7 nitrogen and oxygen atoms in total. The van der Waals surface area contributed by atoms with Crippen LogP contribution in [0, 0.1) is 17.5 Å². The van der Waals surface area contributed by atoms with Crippen molar-refractivity contribution in [3.8, 4) is 22.9 Å². The number of carboxylic acids is 1. The molecule has 1 aliphatic rings. The van der Waals surface area contributed by atoms with Crippen molar-refractivity contribution in [2.75, 3.05) is 0 Å². The van der Waals surface area contributed by atoms with Crippen molar-refractivity contribution in [3.63, 3.8) is 0 Å². The Hall–Kier alpha value is -4.57. The van der Waals surface area contributed by atoms with E-state index in [2.05, 4.69) is 15.0 Å². The zero-order valence-electron chi connectivity index (χ0n) is 23.6. The molecule has 222 valence electrons. The van der Waals surface area contributed by atoms with Crippen LogP contribution in [-0.4, -0.2) is 38.2 Å². The number of fused-ring (bicyclic) bond motifs is 1. The normalized spacial score (nSPS) is 20.4. The highest BCUT2D eigenvalue weighted by Crippen LogP contribution is 2.45. The Morgan fingerprint density at radius 1 is 1.07 bits per heavy atom. The molecule has 2 aromatic heterocycles. The number of ether oxygens (including phenoxy) is 2. The number of aromatic nitrogens is 3. The third-order valence-electron chi connectivity index (χ3n) is 8.05. The molecule has 0 bridgehead atoms. The van der Waals surface area contributed by atoms with Gasteiger partial charge in [0.05, 0.1) is 23.3 Å². The molecule has 43 heavy (non-hydrogen) atoms. The zero-order chi connectivity index (χ0) is 30.3. The van der Waals surface area contributed by atoms with Crippen molar-refractivity contribution in [3.05, 3.63) is 101 Å². The van der Waals surface area contributed by atoms with Crippen molar-refractivity contribution in [1.82, 2.24) is 15.0 Å². The predicted molar refractivity (Wildman–Crippen MR) is 155 cm³/mol. The first-order chi connectivity index (χ1) is 20.6. The Kier molecular flexibility index (Phi) is 7.47. The second-order valence-electron chi connectivity index (χ2n) is 11.2. The molecule has 2 atom stereocenters. The summed E-state index contributed by atoms with van der Waals surface area (Å²) in [5.41, 5.74) is 2.44. The smallest absolute Gasteiger partial charge is 0.303 e. The van der Waals surface area contributed by atoms with Crippen LogP contribution in [0.25, 0.3) is 22.3 Å². The number of nitrogens with one attached hydrogen (secondary N) is 2. The third-order valence-corrected chi connectivity index (χ3v) is 8.05. The Labute approximate surface area is 245 Å². The van der Waals surface area contributed by atoms with Gasteiger partial charge in [-0.2, -0.15) is 0 Å². The van der Waals surface area contributed by atoms with Gasteiger partial charge in [0.2, 0.25) is 0 Å². The number of imidazole rings is 1. The van der Waals surface area contributed by atoms with E-state index in [-0.39, 0.29) is 41.2 Å². The van der Waals surface area contributed by atoms with E-state index >= 15 is 8.78 Å². The van der Waals surface area contributed by atoms with Gasteiger partial charge in [-0.15, -0.1) is 0 Å². The quantitative estimate of drug-likeness (QED) is 0.173. The minimum atomic E-state index is -0.895. The molecule has 5 aromatic rings. The van der Waals surface area contributed by atoms with Crippen molar-refractivity contribution < 1.29 is 32.5 Å². The van der Waals surface area contributed by atoms with E-state index in [9.17, 15) is 14.3 Å². The Bertz CT molecular complexity index is 1800. The van der Waals surface area contributed by atoms with E-state index in [0.717, 1.165) is 29.0 Å². The minimum absolute atomic E-state index is 0.0190. The summed E-state index contributed by atoms with van der Waals surface area (Å²) in [6, 6.07) is 14.3. The molecule has 3 N–H and O–H groups in total. The molecule has 1 aliphatic heterocycles. The number of halogens is 3. The van der Waals surface area contributed by atoms with Gasteiger partial charge in [-0.25, -0.2) is 18.2 Å². The lowest BCUT2D eigenvalue weighted by Gasteiger charge is -2.43. The Morgan fingerprint density at radius 2 is 1.86 bits per heavy atom. The van der Waals surface area contributed by atoms with Crippen LogP contribution in [0.4, 0.5) is 13.2 Å². The number of nitrogens with zero attached hydrogens (tertiary/aromatic N) is 1. The van der Waals surface area contributed by atoms with E-state index in [1.807, 2.05) is 38.1 Å². The molecule has 2 unspecified atom stereocenters. The van der Waals surface area contributed by atoms with Crippen LogP contribution in [-0.2, 0) is 21.4 Å². The Morgan fingerprint density at radius 3 is 2.63 bits per heavy atom. The molecule has 3 aromatic carbocycles. The fraction of sp³-hybridized carbons (Fsp3) is 0.273. The van der Waals surface area contributed by atoms with E-state index in [1.54, 1.807) is 6.20 Å². The van der Waals surface area contributed by atoms with Gasteiger partial charge in [-0.05, 0) is 68.5 Å². The second-order valence-corrected chi connectivity index (χ2v) is 11.2. The van der Waals surface area contributed by atoms with Crippen molar-refractivity contribution >= 4 is 16.9 Å².